The fourth-order valence-electron chi connectivity index (χ4n) is 7.01. The van der Waals surface area contributed by atoms with Crippen LogP contribution < -0.4 is 0 Å². The monoisotopic (exact) mass is 898 g/mol. The zero-order valence-corrected chi connectivity index (χ0v) is 37.6. The maximum absolute atomic E-state index is 12.6. The van der Waals surface area contributed by atoms with Gasteiger partial charge in [0.05, 0.1) is 26.4 Å². The Morgan fingerprint density at radius 2 is 0.969 bits per heavy atom. The lowest BCUT2D eigenvalue weighted by Gasteiger charge is -2.30. The van der Waals surface area contributed by atoms with E-state index in [2.05, 4.69) is 0 Å². The summed E-state index contributed by atoms with van der Waals surface area (Å²) in [6.07, 6.45) is 11.4. The molecule has 350 valence electrons. The lowest BCUT2D eigenvalue weighted by Crippen LogP contribution is -2.47. The smallest absolute Gasteiger partial charge is 0.329 e. The Balaban J connectivity index is 0.000000283. The van der Waals surface area contributed by atoms with Crippen LogP contribution in [0.2, 0.25) is 0 Å². The van der Waals surface area contributed by atoms with Crippen molar-refractivity contribution in [3.8, 4) is 0 Å². The molecular formula is C44H58N4O16. The molecule has 20 heteroatoms. The lowest BCUT2D eigenvalue weighted by atomic mass is 9.92. The van der Waals surface area contributed by atoms with E-state index >= 15 is 0 Å². The minimum absolute atomic E-state index is 0.0229. The highest BCUT2D eigenvalue weighted by atomic mass is 16.6. The molecule has 1 saturated heterocycles. The molecule has 5 aliphatic heterocycles. The molecule has 0 aromatic carbocycles. The van der Waals surface area contributed by atoms with Crippen LogP contribution in [0.25, 0.3) is 0 Å². The van der Waals surface area contributed by atoms with Crippen LogP contribution in [0.4, 0.5) is 0 Å². The zero-order valence-electron chi connectivity index (χ0n) is 37.6. The standard InChI is InChI=1S/C24H32N2O8.C20H26N2O8/c1-5-16(12-32-23(30)14(3)25-19(27)9-10-20(25)28)11-17(6-2)13-33-24(31)15(4)26-21(29)8-7-18-22(26)34-18;1-12(21-14(23)6-7-15(21)24)18(26)29-10-20(3,4)11-30-19(27)13(2)22-16(25)8-9-17(22)28-5/h7-10,14-18,22H,5-6,11-13H2,1-4H3;6-9,12-13,17H,10-11H2,1-5H3. The number of ether oxygens (including phenoxy) is 6. The Labute approximate surface area is 371 Å². The van der Waals surface area contributed by atoms with Gasteiger partial charge in [0.15, 0.2) is 12.5 Å². The number of hydrogen-bond donors (Lipinski definition) is 0. The van der Waals surface area contributed by atoms with Crippen LogP contribution in [-0.2, 0) is 76.4 Å². The van der Waals surface area contributed by atoms with Crippen LogP contribution in [-0.4, -0.2) is 155 Å². The number of carbonyl (C=O) groups is 10. The summed E-state index contributed by atoms with van der Waals surface area (Å²) in [7, 11) is 1.43. The van der Waals surface area contributed by atoms with Gasteiger partial charge in [0, 0.05) is 49.0 Å². The van der Waals surface area contributed by atoms with Crippen LogP contribution in [0.3, 0.4) is 0 Å². The van der Waals surface area contributed by atoms with Gasteiger partial charge in [-0.3, -0.25) is 48.4 Å². The summed E-state index contributed by atoms with van der Waals surface area (Å²) in [6, 6.07) is -3.69. The van der Waals surface area contributed by atoms with Crippen molar-refractivity contribution in [2.75, 3.05) is 33.5 Å². The molecule has 0 aromatic heterocycles. The van der Waals surface area contributed by atoms with Crippen molar-refractivity contribution in [3.63, 3.8) is 0 Å². The van der Waals surface area contributed by atoms with Crippen LogP contribution in [0.1, 0.15) is 74.7 Å². The summed E-state index contributed by atoms with van der Waals surface area (Å²) in [6.45, 7) is 13.6. The summed E-state index contributed by atoms with van der Waals surface area (Å²) in [5.41, 5.74) is -0.740. The molecule has 0 bridgehead atoms. The second-order valence-corrected chi connectivity index (χ2v) is 16.7. The van der Waals surface area contributed by atoms with E-state index in [1.807, 2.05) is 13.8 Å². The molecule has 5 heterocycles. The Kier molecular flexibility index (Phi) is 17.4. The molecule has 0 saturated carbocycles. The Hall–Kier alpha value is -6.02. The number of methoxy groups -OCH3 is 1. The van der Waals surface area contributed by atoms with Crippen molar-refractivity contribution in [2.45, 2.75) is 117 Å². The first kappa shape index (κ1) is 50.6. The van der Waals surface area contributed by atoms with Gasteiger partial charge in [0.25, 0.3) is 23.6 Å². The molecule has 5 aliphatic rings. The average Bonchev–Trinajstić information content (AvgIpc) is 3.68. The summed E-state index contributed by atoms with van der Waals surface area (Å²) in [5.74, 6) is -5.27. The van der Waals surface area contributed by atoms with Crippen LogP contribution >= 0.6 is 0 Å². The minimum Gasteiger partial charge on any atom is -0.464 e. The van der Waals surface area contributed by atoms with Gasteiger partial charge < -0.3 is 28.4 Å². The number of nitrogens with zero attached hydrogens (tertiary/aromatic N) is 4. The van der Waals surface area contributed by atoms with E-state index in [-0.39, 0.29) is 56.2 Å². The first-order chi connectivity index (χ1) is 30.2. The third-order valence-electron chi connectivity index (χ3n) is 11.2. The molecule has 0 aliphatic carbocycles. The van der Waals surface area contributed by atoms with Crippen LogP contribution in [0.15, 0.2) is 48.6 Å². The largest absolute Gasteiger partial charge is 0.464 e. The van der Waals surface area contributed by atoms with Gasteiger partial charge in [0.2, 0.25) is 11.8 Å². The highest BCUT2D eigenvalue weighted by molar-refractivity contribution is 6.15. The van der Waals surface area contributed by atoms with E-state index in [9.17, 15) is 47.9 Å². The maximum Gasteiger partial charge on any atom is 0.329 e. The fourth-order valence-corrected chi connectivity index (χ4v) is 7.01. The van der Waals surface area contributed by atoms with Crippen molar-refractivity contribution < 1.29 is 76.4 Å². The Morgan fingerprint density at radius 3 is 1.42 bits per heavy atom. The average molecular weight is 899 g/mol. The van der Waals surface area contributed by atoms with E-state index in [1.54, 1.807) is 32.9 Å². The lowest BCUT2D eigenvalue weighted by molar-refractivity contribution is -0.165. The topological polar surface area (TPSA) is 242 Å². The quantitative estimate of drug-likeness (QED) is 0.0686. The Morgan fingerprint density at radius 1 is 0.578 bits per heavy atom. The van der Waals surface area contributed by atoms with Crippen LogP contribution in [0.5, 0.6) is 0 Å². The van der Waals surface area contributed by atoms with E-state index in [4.69, 9.17) is 28.4 Å². The van der Waals surface area contributed by atoms with E-state index in [0.717, 1.165) is 46.9 Å². The third-order valence-corrected chi connectivity index (χ3v) is 11.2. The summed E-state index contributed by atoms with van der Waals surface area (Å²) in [5, 5.41) is 0. The number of rotatable bonds is 21. The maximum atomic E-state index is 12.6. The third kappa shape index (κ3) is 12.6. The molecule has 5 rings (SSSR count). The molecule has 0 spiro atoms. The van der Waals surface area contributed by atoms with Crippen LogP contribution in [0, 0.1) is 17.3 Å². The van der Waals surface area contributed by atoms with Gasteiger partial charge in [-0.05, 0) is 58.1 Å². The number of fused-ring (bicyclic) bond motifs is 1. The van der Waals surface area contributed by atoms with Gasteiger partial charge >= 0.3 is 23.9 Å². The number of imide groups is 2. The minimum atomic E-state index is -1.07. The van der Waals surface area contributed by atoms with Gasteiger partial charge in [-0.25, -0.2) is 19.2 Å². The predicted molar refractivity (Wildman–Crippen MR) is 221 cm³/mol. The van der Waals surface area contributed by atoms with E-state index in [1.165, 1.54) is 49.8 Å². The molecule has 0 N–H and O–H groups in total. The molecule has 20 nitrogen and oxygen atoms in total. The van der Waals surface area contributed by atoms with E-state index in [0.29, 0.717) is 6.42 Å². The number of epoxide rings is 1. The predicted octanol–water partition coefficient (Wildman–Crippen LogP) is 1.51. The molecule has 9 unspecified atom stereocenters. The molecular weight excluding hydrogens is 840 g/mol. The number of esters is 4. The molecule has 0 aromatic rings. The second-order valence-electron chi connectivity index (χ2n) is 16.7. The van der Waals surface area contributed by atoms with E-state index < -0.39 is 89.5 Å². The summed E-state index contributed by atoms with van der Waals surface area (Å²) >= 11 is 0. The summed E-state index contributed by atoms with van der Waals surface area (Å²) < 4.78 is 32.0. The van der Waals surface area contributed by atoms with Crippen molar-refractivity contribution in [1.82, 2.24) is 19.6 Å². The highest BCUT2D eigenvalue weighted by Gasteiger charge is 2.50. The van der Waals surface area contributed by atoms with Crippen molar-refractivity contribution in [1.29, 1.82) is 0 Å². The second kappa shape index (κ2) is 22.1. The first-order valence-corrected chi connectivity index (χ1v) is 21.1. The van der Waals surface area contributed by atoms with Crippen molar-refractivity contribution in [3.05, 3.63) is 48.6 Å². The summed E-state index contributed by atoms with van der Waals surface area (Å²) in [4.78, 5) is 125. The molecule has 64 heavy (non-hydrogen) atoms. The highest BCUT2D eigenvalue weighted by Crippen LogP contribution is 2.33. The van der Waals surface area contributed by atoms with Gasteiger partial charge in [-0.1, -0.05) is 40.5 Å². The normalized spacial score (nSPS) is 22.7. The van der Waals surface area contributed by atoms with Gasteiger partial charge in [0.1, 0.15) is 30.3 Å². The Bertz CT molecular complexity index is 1940. The number of hydrogen-bond acceptors (Lipinski definition) is 16. The first-order valence-electron chi connectivity index (χ1n) is 21.1. The van der Waals surface area contributed by atoms with Gasteiger partial charge in [-0.2, -0.15) is 0 Å². The molecule has 1 fully saturated rings. The van der Waals surface area contributed by atoms with Crippen molar-refractivity contribution >= 4 is 59.3 Å². The molecule has 9 atom stereocenters. The molecule has 6 amide bonds. The van der Waals surface area contributed by atoms with Crippen molar-refractivity contribution in [2.24, 2.45) is 17.3 Å². The molecule has 0 radical (unpaired) electrons. The number of carbonyl (C=O) groups excluding carboxylic acids is 10. The zero-order chi connectivity index (χ0) is 47.6. The van der Waals surface area contributed by atoms with Gasteiger partial charge in [-0.15, -0.1) is 0 Å². The number of amides is 6. The fraction of sp³-hybridized carbons (Fsp3) is 0.591. The SMILES string of the molecule is CCC(COC(=O)C(C)N1C(=O)C=CC1=O)CC(CC)COC(=O)C(C)N1C(=O)C=CC2OC21.COC1C=CC(=O)N1C(C)C(=O)OCC(C)(C)COC(=O)C(C)N1C(=O)C=CC1=O.